The Morgan fingerprint density at radius 3 is 2.67 bits per heavy atom. The Balaban J connectivity index is 2.63. The van der Waals surface area contributed by atoms with Crippen LogP contribution in [0.25, 0.3) is 0 Å². The smallest absolute Gasteiger partial charge is 0.326 e. The Morgan fingerprint density at radius 2 is 2.17 bits per heavy atom. The molecule has 1 fully saturated rings. The van der Waals surface area contributed by atoms with Gasteiger partial charge in [-0.2, -0.15) is 0 Å². The van der Waals surface area contributed by atoms with Gasteiger partial charge in [0.05, 0.1) is 0 Å². The normalized spacial score (nSPS) is 27.3. The number of hydrogen-bond acceptors (Lipinski definition) is 3. The first kappa shape index (κ1) is 15.0. The zero-order valence-electron chi connectivity index (χ0n) is 11.3. The lowest BCUT2D eigenvalue weighted by atomic mass is 9.88. The predicted molar refractivity (Wildman–Crippen MR) is 67.1 cm³/mol. The van der Waals surface area contributed by atoms with Crippen molar-refractivity contribution in [2.24, 2.45) is 17.8 Å². The molecule has 0 aliphatic carbocycles. The van der Waals surface area contributed by atoms with Crippen LogP contribution in [-0.2, 0) is 14.3 Å². The van der Waals surface area contributed by atoms with Crippen molar-refractivity contribution in [2.75, 3.05) is 13.2 Å². The molecule has 0 aromatic carbocycles. The fraction of sp³-hybridized carbons (Fsp3) is 0.846. The van der Waals surface area contributed by atoms with Gasteiger partial charge in [0, 0.05) is 19.1 Å². The molecule has 0 bridgehead atoms. The van der Waals surface area contributed by atoms with Crippen molar-refractivity contribution >= 4 is 11.9 Å². The van der Waals surface area contributed by atoms with Gasteiger partial charge in [-0.1, -0.05) is 27.2 Å². The van der Waals surface area contributed by atoms with Crippen LogP contribution in [0.15, 0.2) is 0 Å². The second kappa shape index (κ2) is 6.73. The summed E-state index contributed by atoms with van der Waals surface area (Å²) >= 11 is 0. The van der Waals surface area contributed by atoms with Crippen LogP contribution in [0.5, 0.6) is 0 Å². The molecule has 1 heterocycles. The molecule has 0 radical (unpaired) electrons. The van der Waals surface area contributed by atoms with Crippen LogP contribution < -0.4 is 5.32 Å². The molecule has 0 aromatic rings. The van der Waals surface area contributed by atoms with E-state index in [-0.39, 0.29) is 23.7 Å². The highest BCUT2D eigenvalue weighted by molar-refractivity contribution is 5.85. The maximum Gasteiger partial charge on any atom is 0.326 e. The lowest BCUT2D eigenvalue weighted by molar-refractivity contribution is -0.145. The fourth-order valence-electron chi connectivity index (χ4n) is 2.21. The van der Waals surface area contributed by atoms with Crippen molar-refractivity contribution in [1.29, 1.82) is 0 Å². The van der Waals surface area contributed by atoms with Crippen molar-refractivity contribution in [2.45, 2.75) is 39.7 Å². The zero-order valence-corrected chi connectivity index (χ0v) is 11.3. The highest BCUT2D eigenvalue weighted by atomic mass is 16.5. The SMILES string of the molecule is CCC(C)C(NC(=O)C1CCOCC1C)C(=O)O. The summed E-state index contributed by atoms with van der Waals surface area (Å²) in [5.41, 5.74) is 0. The van der Waals surface area contributed by atoms with Crippen LogP contribution >= 0.6 is 0 Å². The first-order chi connectivity index (χ1) is 8.47. The van der Waals surface area contributed by atoms with E-state index in [0.717, 1.165) is 6.42 Å². The Bertz CT molecular complexity index is 305. The average molecular weight is 257 g/mol. The highest BCUT2D eigenvalue weighted by Gasteiger charge is 2.32. The standard InChI is InChI=1S/C13H23NO4/c1-4-8(2)11(13(16)17)14-12(15)10-5-6-18-7-9(10)3/h8-11H,4-7H2,1-3H3,(H,14,15)(H,16,17). The number of nitrogens with one attached hydrogen (secondary N) is 1. The Morgan fingerprint density at radius 1 is 1.50 bits per heavy atom. The number of carboxylic acids is 1. The molecular formula is C13H23NO4. The minimum absolute atomic E-state index is 0.0680. The molecule has 104 valence electrons. The van der Waals surface area contributed by atoms with Gasteiger partial charge in [-0.15, -0.1) is 0 Å². The van der Waals surface area contributed by atoms with Crippen molar-refractivity contribution in [3.8, 4) is 0 Å². The molecule has 1 saturated heterocycles. The predicted octanol–water partition coefficient (Wildman–Crippen LogP) is 1.27. The lowest BCUT2D eigenvalue weighted by Crippen LogP contribution is -2.49. The number of rotatable bonds is 5. The maximum absolute atomic E-state index is 12.1. The average Bonchev–Trinajstić information content (AvgIpc) is 2.35. The molecule has 5 nitrogen and oxygen atoms in total. The zero-order chi connectivity index (χ0) is 13.7. The number of hydrogen-bond donors (Lipinski definition) is 2. The monoisotopic (exact) mass is 257 g/mol. The molecule has 0 aromatic heterocycles. The summed E-state index contributed by atoms with van der Waals surface area (Å²) in [6, 6.07) is -0.794. The maximum atomic E-state index is 12.1. The first-order valence-electron chi connectivity index (χ1n) is 6.58. The molecular weight excluding hydrogens is 234 g/mol. The minimum atomic E-state index is -0.961. The van der Waals surface area contributed by atoms with Gasteiger partial charge in [0.1, 0.15) is 6.04 Å². The second-order valence-electron chi connectivity index (χ2n) is 5.16. The van der Waals surface area contributed by atoms with E-state index in [2.05, 4.69) is 5.32 Å². The largest absolute Gasteiger partial charge is 0.480 e. The van der Waals surface area contributed by atoms with E-state index in [1.54, 1.807) is 0 Å². The summed E-state index contributed by atoms with van der Waals surface area (Å²) in [6.07, 6.45) is 1.39. The van der Waals surface area contributed by atoms with E-state index in [1.165, 1.54) is 0 Å². The summed E-state index contributed by atoms with van der Waals surface area (Å²) in [5, 5.41) is 11.8. The quantitative estimate of drug-likeness (QED) is 0.778. The Labute approximate surface area is 108 Å². The van der Waals surface area contributed by atoms with E-state index >= 15 is 0 Å². The van der Waals surface area contributed by atoms with Gasteiger partial charge in [0.25, 0.3) is 0 Å². The van der Waals surface area contributed by atoms with Crippen LogP contribution in [0.3, 0.4) is 0 Å². The highest BCUT2D eigenvalue weighted by Crippen LogP contribution is 2.22. The second-order valence-corrected chi connectivity index (χ2v) is 5.16. The van der Waals surface area contributed by atoms with Gasteiger partial charge in [-0.3, -0.25) is 4.79 Å². The number of carbonyl (C=O) groups is 2. The molecule has 18 heavy (non-hydrogen) atoms. The summed E-state index contributed by atoms with van der Waals surface area (Å²) in [4.78, 5) is 23.3. The van der Waals surface area contributed by atoms with Gasteiger partial charge in [0.2, 0.25) is 5.91 Å². The van der Waals surface area contributed by atoms with E-state index in [0.29, 0.717) is 19.6 Å². The van der Waals surface area contributed by atoms with Gasteiger partial charge in [0.15, 0.2) is 0 Å². The van der Waals surface area contributed by atoms with Crippen molar-refractivity contribution < 1.29 is 19.4 Å². The van der Waals surface area contributed by atoms with Gasteiger partial charge in [-0.25, -0.2) is 4.79 Å². The lowest BCUT2D eigenvalue weighted by Gasteiger charge is -2.30. The summed E-state index contributed by atoms with van der Waals surface area (Å²) in [6.45, 7) is 6.86. The molecule has 0 saturated carbocycles. The van der Waals surface area contributed by atoms with Crippen LogP contribution in [0, 0.1) is 17.8 Å². The Kier molecular flexibility index (Phi) is 5.59. The molecule has 1 aliphatic rings. The third-order valence-electron chi connectivity index (χ3n) is 3.75. The number of carboxylic acid groups (broad SMARTS) is 1. The summed E-state index contributed by atoms with van der Waals surface area (Å²) in [5.74, 6) is -1.17. The third kappa shape index (κ3) is 3.70. The summed E-state index contributed by atoms with van der Waals surface area (Å²) in [7, 11) is 0. The molecule has 5 heteroatoms. The van der Waals surface area contributed by atoms with E-state index < -0.39 is 12.0 Å². The van der Waals surface area contributed by atoms with E-state index in [1.807, 2.05) is 20.8 Å². The molecule has 1 rings (SSSR count). The molecule has 2 N–H and O–H groups in total. The van der Waals surface area contributed by atoms with Crippen molar-refractivity contribution in [3.05, 3.63) is 0 Å². The van der Waals surface area contributed by atoms with Crippen molar-refractivity contribution in [1.82, 2.24) is 5.32 Å². The fourth-order valence-corrected chi connectivity index (χ4v) is 2.21. The number of aliphatic carboxylic acids is 1. The summed E-state index contributed by atoms with van der Waals surface area (Å²) < 4.78 is 5.29. The number of carbonyl (C=O) groups excluding carboxylic acids is 1. The van der Waals surface area contributed by atoms with Gasteiger partial charge < -0.3 is 15.2 Å². The minimum Gasteiger partial charge on any atom is -0.480 e. The van der Waals surface area contributed by atoms with Crippen LogP contribution in [0.2, 0.25) is 0 Å². The van der Waals surface area contributed by atoms with Crippen molar-refractivity contribution in [3.63, 3.8) is 0 Å². The molecule has 4 atom stereocenters. The Hall–Kier alpha value is -1.10. The topological polar surface area (TPSA) is 75.6 Å². The van der Waals surface area contributed by atoms with Gasteiger partial charge in [-0.05, 0) is 18.3 Å². The van der Waals surface area contributed by atoms with Gasteiger partial charge >= 0.3 is 5.97 Å². The van der Waals surface area contributed by atoms with E-state index in [4.69, 9.17) is 9.84 Å². The van der Waals surface area contributed by atoms with Crippen LogP contribution in [0.4, 0.5) is 0 Å². The number of amides is 1. The molecule has 1 amide bonds. The molecule has 1 aliphatic heterocycles. The van der Waals surface area contributed by atoms with E-state index in [9.17, 15) is 9.59 Å². The third-order valence-corrected chi connectivity index (χ3v) is 3.75. The number of ether oxygens (including phenoxy) is 1. The van der Waals surface area contributed by atoms with Crippen LogP contribution in [-0.4, -0.2) is 36.2 Å². The molecule has 0 spiro atoms. The molecule has 4 unspecified atom stereocenters. The first-order valence-corrected chi connectivity index (χ1v) is 6.58. The van der Waals surface area contributed by atoms with Crippen LogP contribution in [0.1, 0.15) is 33.6 Å².